The van der Waals surface area contributed by atoms with Gasteiger partial charge in [-0.15, -0.1) is 0 Å². The van der Waals surface area contributed by atoms with Crippen molar-refractivity contribution in [2.24, 2.45) is 0 Å². The first-order valence-electron chi connectivity index (χ1n) is 13.1. The second-order valence-corrected chi connectivity index (χ2v) is 11.1. The largest absolute Gasteiger partial charge is 0.494 e. The molecule has 41 heavy (non-hydrogen) atoms. The Hall–Kier alpha value is -4.50. The van der Waals surface area contributed by atoms with E-state index in [-0.39, 0.29) is 10.6 Å². The Bertz CT molecular complexity index is 1570. The van der Waals surface area contributed by atoms with Crippen LogP contribution >= 0.6 is 0 Å². The zero-order valence-corrected chi connectivity index (χ0v) is 24.4. The topological polar surface area (TPSA) is 94.2 Å². The average molecular weight is 575 g/mol. The van der Waals surface area contributed by atoms with Crippen LogP contribution in [0.15, 0.2) is 102 Å². The molecule has 1 unspecified atom stereocenters. The number of rotatable bonds is 12. The molecule has 1 N–H and O–H groups in total. The normalized spacial score (nSPS) is 11.8. The van der Waals surface area contributed by atoms with Gasteiger partial charge in [-0.2, -0.15) is 0 Å². The zero-order chi connectivity index (χ0) is 29.4. The molecule has 0 bridgehead atoms. The van der Waals surface area contributed by atoms with Crippen LogP contribution in [-0.2, 0) is 14.8 Å². The lowest BCUT2D eigenvalue weighted by Gasteiger charge is -2.26. The minimum Gasteiger partial charge on any atom is -0.494 e. The number of methoxy groups -OCH3 is 2. The number of hydrogen-bond donors (Lipinski definition) is 1. The lowest BCUT2D eigenvalue weighted by molar-refractivity contribution is -0.120. The molecule has 4 aromatic rings. The fourth-order valence-corrected chi connectivity index (χ4v) is 5.92. The van der Waals surface area contributed by atoms with Gasteiger partial charge in [-0.25, -0.2) is 8.42 Å². The Labute approximate surface area is 241 Å². The van der Waals surface area contributed by atoms with Crippen molar-refractivity contribution in [1.82, 2.24) is 5.32 Å². The highest BCUT2D eigenvalue weighted by Crippen LogP contribution is 2.33. The van der Waals surface area contributed by atoms with Crippen molar-refractivity contribution in [2.45, 2.75) is 24.8 Å². The van der Waals surface area contributed by atoms with Crippen LogP contribution in [0.3, 0.4) is 0 Å². The minimum absolute atomic E-state index is 0.0462. The Morgan fingerprint density at radius 3 is 2.15 bits per heavy atom. The number of carbonyl (C=O) groups is 1. The van der Waals surface area contributed by atoms with Crippen molar-refractivity contribution in [2.75, 3.05) is 31.7 Å². The molecule has 0 saturated carbocycles. The molecule has 4 aromatic carbocycles. The van der Waals surface area contributed by atoms with E-state index in [0.29, 0.717) is 23.8 Å². The summed E-state index contributed by atoms with van der Waals surface area (Å²) in [5.41, 5.74) is 3.12. The quantitative estimate of drug-likeness (QED) is 0.240. The van der Waals surface area contributed by atoms with E-state index in [1.54, 1.807) is 24.3 Å². The molecule has 0 aliphatic rings. The fraction of sp³-hybridized carbons (Fsp3) is 0.219. The molecule has 0 saturated heterocycles. The van der Waals surface area contributed by atoms with Crippen LogP contribution in [0.1, 0.15) is 29.7 Å². The lowest BCUT2D eigenvalue weighted by Crippen LogP contribution is -2.42. The fourth-order valence-electron chi connectivity index (χ4n) is 4.49. The number of aryl methyl sites for hydroxylation is 1. The first-order chi connectivity index (χ1) is 19.8. The van der Waals surface area contributed by atoms with Gasteiger partial charge in [0.2, 0.25) is 5.91 Å². The van der Waals surface area contributed by atoms with Crippen LogP contribution in [0.4, 0.5) is 5.69 Å². The number of benzene rings is 4. The number of sulfonamides is 1. The molecule has 1 atom stereocenters. The summed E-state index contributed by atoms with van der Waals surface area (Å²) in [5.74, 6) is 0.764. The predicted molar refractivity (Wildman–Crippen MR) is 159 cm³/mol. The van der Waals surface area contributed by atoms with Crippen molar-refractivity contribution < 1.29 is 27.4 Å². The molecular formula is C32H34N2O6S. The minimum atomic E-state index is -4.21. The van der Waals surface area contributed by atoms with Crippen molar-refractivity contribution in [1.29, 1.82) is 0 Å². The molecule has 0 spiro atoms. The first kappa shape index (κ1) is 29.5. The Balaban J connectivity index is 1.72. The monoisotopic (exact) mass is 574 g/mol. The van der Waals surface area contributed by atoms with Crippen molar-refractivity contribution >= 4 is 21.6 Å². The Kier molecular flexibility index (Phi) is 9.52. The van der Waals surface area contributed by atoms with E-state index in [0.717, 1.165) is 21.0 Å². The van der Waals surface area contributed by atoms with Crippen LogP contribution in [0, 0.1) is 6.92 Å². The Morgan fingerprint density at radius 2 is 1.51 bits per heavy atom. The number of nitrogens with zero attached hydrogens (tertiary/aromatic N) is 1. The third-order valence-corrected chi connectivity index (χ3v) is 8.25. The molecule has 1 amide bonds. The van der Waals surface area contributed by atoms with Crippen molar-refractivity contribution in [3.05, 3.63) is 114 Å². The maximum absolute atomic E-state index is 14.0. The molecule has 214 valence electrons. The van der Waals surface area contributed by atoms with Crippen molar-refractivity contribution in [3.8, 4) is 17.2 Å². The van der Waals surface area contributed by atoms with Crippen LogP contribution in [0.2, 0.25) is 0 Å². The number of carbonyl (C=O) groups excluding carboxylic acids is 1. The van der Waals surface area contributed by atoms with Gasteiger partial charge in [0.05, 0.1) is 37.5 Å². The molecule has 0 radical (unpaired) electrons. The van der Waals surface area contributed by atoms with Gasteiger partial charge >= 0.3 is 0 Å². The van der Waals surface area contributed by atoms with Gasteiger partial charge in [-0.05, 0) is 61.4 Å². The Morgan fingerprint density at radius 1 is 0.829 bits per heavy atom. The van der Waals surface area contributed by atoms with Gasteiger partial charge in [-0.1, -0.05) is 60.2 Å². The van der Waals surface area contributed by atoms with Gasteiger partial charge < -0.3 is 19.5 Å². The number of anilines is 1. The highest BCUT2D eigenvalue weighted by molar-refractivity contribution is 7.92. The summed E-state index contributed by atoms with van der Waals surface area (Å²) >= 11 is 0. The number of amides is 1. The third kappa shape index (κ3) is 6.99. The van der Waals surface area contributed by atoms with Crippen LogP contribution in [0.25, 0.3) is 0 Å². The van der Waals surface area contributed by atoms with Crippen LogP contribution in [-0.4, -0.2) is 41.7 Å². The van der Waals surface area contributed by atoms with E-state index in [2.05, 4.69) is 5.32 Å². The number of hydrogen-bond acceptors (Lipinski definition) is 6. The summed E-state index contributed by atoms with van der Waals surface area (Å²) in [7, 11) is -1.30. The predicted octanol–water partition coefficient (Wildman–Crippen LogP) is 5.51. The van der Waals surface area contributed by atoms with Gasteiger partial charge in [0.1, 0.15) is 12.3 Å². The van der Waals surface area contributed by atoms with E-state index in [1.165, 1.54) is 32.4 Å². The second kappa shape index (κ2) is 13.2. The summed E-state index contributed by atoms with van der Waals surface area (Å²) in [6, 6.07) is 27.9. The molecule has 0 fully saturated rings. The van der Waals surface area contributed by atoms with Gasteiger partial charge in [0, 0.05) is 6.07 Å². The lowest BCUT2D eigenvalue weighted by atomic mass is 9.97. The maximum atomic E-state index is 14.0. The molecular weight excluding hydrogens is 540 g/mol. The van der Waals surface area contributed by atoms with Gasteiger partial charge in [0.15, 0.2) is 11.5 Å². The average Bonchev–Trinajstić information content (AvgIpc) is 2.99. The summed E-state index contributed by atoms with van der Waals surface area (Å²) < 4.78 is 45.3. The van der Waals surface area contributed by atoms with E-state index < -0.39 is 28.5 Å². The number of nitrogens with one attached hydrogen (secondary N) is 1. The van der Waals surface area contributed by atoms with Crippen molar-refractivity contribution in [3.63, 3.8) is 0 Å². The molecule has 0 aliphatic heterocycles. The van der Waals surface area contributed by atoms with Crippen LogP contribution < -0.4 is 23.8 Å². The standard InChI is InChI=1S/C32H34N2O6S/c1-5-40-27-16-14-26(15-17-27)34(41(36,37)28-18-19-29(38-3)30(21-28)39-4)22-31(35)33-32(24-11-7-6-8-12-24)25-13-9-10-23(2)20-25/h6-21,32H,5,22H2,1-4H3,(H,33,35). The van der Waals surface area contributed by atoms with Crippen LogP contribution in [0.5, 0.6) is 17.2 Å². The summed E-state index contributed by atoms with van der Waals surface area (Å²) in [5, 5.41) is 3.06. The SMILES string of the molecule is CCOc1ccc(N(CC(=O)NC(c2ccccc2)c2cccc(C)c2)S(=O)(=O)c2ccc(OC)c(OC)c2)cc1. The van der Waals surface area contributed by atoms with Gasteiger partial charge in [-0.3, -0.25) is 9.10 Å². The summed E-state index contributed by atoms with van der Waals surface area (Å²) in [6.45, 7) is 3.86. The second-order valence-electron chi connectivity index (χ2n) is 9.28. The summed E-state index contributed by atoms with van der Waals surface area (Å²) in [4.78, 5) is 13.6. The first-order valence-corrected chi connectivity index (χ1v) is 14.6. The molecule has 0 heterocycles. The van der Waals surface area contributed by atoms with E-state index >= 15 is 0 Å². The van der Waals surface area contributed by atoms with Gasteiger partial charge in [0.25, 0.3) is 10.0 Å². The maximum Gasteiger partial charge on any atom is 0.264 e. The number of ether oxygens (including phenoxy) is 3. The zero-order valence-electron chi connectivity index (χ0n) is 23.5. The highest BCUT2D eigenvalue weighted by Gasteiger charge is 2.29. The molecule has 8 nitrogen and oxygen atoms in total. The van der Waals surface area contributed by atoms with E-state index in [4.69, 9.17) is 14.2 Å². The molecule has 0 aliphatic carbocycles. The van der Waals surface area contributed by atoms with E-state index in [1.807, 2.05) is 68.4 Å². The van der Waals surface area contributed by atoms with E-state index in [9.17, 15) is 13.2 Å². The smallest absolute Gasteiger partial charge is 0.264 e. The molecule has 9 heteroatoms. The highest BCUT2D eigenvalue weighted by atomic mass is 32.2. The third-order valence-electron chi connectivity index (χ3n) is 6.48. The molecule has 4 rings (SSSR count). The summed E-state index contributed by atoms with van der Waals surface area (Å²) in [6.07, 6.45) is 0. The molecule has 0 aromatic heterocycles.